The molecule has 0 radical (unpaired) electrons. The van der Waals surface area contributed by atoms with Crippen LogP contribution in [0.25, 0.3) is 11.0 Å². The Morgan fingerprint density at radius 3 is 2.11 bits per heavy atom. The monoisotopic (exact) mass is 486 g/mol. The van der Waals surface area contributed by atoms with Gasteiger partial charge in [-0.25, -0.2) is 4.98 Å². The maximum absolute atomic E-state index is 14.1. The highest BCUT2D eigenvalue weighted by molar-refractivity contribution is 5.94. The number of amides is 2. The van der Waals surface area contributed by atoms with E-state index in [1.54, 1.807) is 12.1 Å². The third-order valence-corrected chi connectivity index (χ3v) is 7.97. The average molecular weight is 487 g/mol. The molecule has 2 amide bonds. The van der Waals surface area contributed by atoms with E-state index >= 15 is 0 Å². The standard InChI is InChI=1S/C30H38N4O2/c1-22(31-30(36)23-13-5-2-6-14-23)29-32-26-19-11-12-20-27(26)33(29)21-28(35)34(24-15-7-3-8-16-24)25-17-9-4-10-18-25/h2,5-6,11-14,19-20,22,24-25H,3-4,7-10,15-18,21H2,1H3,(H,31,36). The van der Waals surface area contributed by atoms with E-state index < -0.39 is 0 Å². The molecule has 0 aliphatic heterocycles. The molecule has 1 aromatic heterocycles. The van der Waals surface area contributed by atoms with E-state index in [2.05, 4.69) is 10.2 Å². The third kappa shape index (κ3) is 5.32. The van der Waals surface area contributed by atoms with Crippen LogP contribution in [-0.4, -0.2) is 38.3 Å². The molecule has 2 aromatic carbocycles. The first-order valence-electron chi connectivity index (χ1n) is 13.7. The summed E-state index contributed by atoms with van der Waals surface area (Å²) in [6.45, 7) is 2.21. The van der Waals surface area contributed by atoms with Crippen LogP contribution < -0.4 is 5.32 Å². The molecule has 2 aliphatic rings. The topological polar surface area (TPSA) is 67.2 Å². The predicted molar refractivity (Wildman–Crippen MR) is 143 cm³/mol. The summed E-state index contributed by atoms with van der Waals surface area (Å²) in [5, 5.41) is 3.10. The molecule has 1 N–H and O–H groups in total. The van der Waals surface area contributed by atoms with Gasteiger partial charge >= 0.3 is 0 Å². The number of benzene rings is 2. The molecule has 6 heteroatoms. The van der Waals surface area contributed by atoms with Crippen molar-refractivity contribution in [3.05, 3.63) is 66.0 Å². The minimum Gasteiger partial charge on any atom is -0.342 e. The zero-order valence-electron chi connectivity index (χ0n) is 21.4. The first kappa shape index (κ1) is 24.5. The van der Waals surface area contributed by atoms with Crippen LogP contribution in [0.4, 0.5) is 0 Å². The van der Waals surface area contributed by atoms with E-state index in [1.165, 1.54) is 38.5 Å². The molecule has 36 heavy (non-hydrogen) atoms. The van der Waals surface area contributed by atoms with Gasteiger partial charge in [-0.3, -0.25) is 9.59 Å². The van der Waals surface area contributed by atoms with Crippen molar-refractivity contribution < 1.29 is 9.59 Å². The van der Waals surface area contributed by atoms with Gasteiger partial charge in [0.05, 0.1) is 17.1 Å². The summed E-state index contributed by atoms with van der Waals surface area (Å²) in [5.41, 5.74) is 2.40. The molecule has 5 rings (SSSR count). The molecule has 1 heterocycles. The van der Waals surface area contributed by atoms with Crippen LogP contribution >= 0.6 is 0 Å². The first-order chi connectivity index (χ1) is 17.6. The third-order valence-electron chi connectivity index (χ3n) is 7.97. The number of nitrogens with one attached hydrogen (secondary N) is 1. The summed E-state index contributed by atoms with van der Waals surface area (Å²) in [6.07, 6.45) is 11.9. The number of nitrogens with zero attached hydrogens (tertiary/aromatic N) is 3. The summed E-state index contributed by atoms with van der Waals surface area (Å²) in [6, 6.07) is 17.6. The van der Waals surface area contributed by atoms with E-state index in [0.29, 0.717) is 17.6 Å². The molecular weight excluding hydrogens is 448 g/mol. The Morgan fingerprint density at radius 2 is 1.47 bits per heavy atom. The number of carbonyl (C=O) groups excluding carboxylic acids is 2. The van der Waals surface area contributed by atoms with Crippen molar-refractivity contribution in [1.82, 2.24) is 19.8 Å². The van der Waals surface area contributed by atoms with Crippen molar-refractivity contribution in [3.8, 4) is 0 Å². The highest BCUT2D eigenvalue weighted by Crippen LogP contribution is 2.31. The molecule has 1 atom stereocenters. The van der Waals surface area contributed by atoms with Crippen molar-refractivity contribution in [3.63, 3.8) is 0 Å². The van der Waals surface area contributed by atoms with E-state index in [0.717, 1.165) is 42.5 Å². The molecule has 2 aliphatic carbocycles. The lowest BCUT2D eigenvalue weighted by molar-refractivity contribution is -0.138. The Morgan fingerprint density at radius 1 is 0.889 bits per heavy atom. The zero-order valence-corrected chi connectivity index (χ0v) is 21.4. The van der Waals surface area contributed by atoms with Crippen molar-refractivity contribution in [1.29, 1.82) is 0 Å². The van der Waals surface area contributed by atoms with Crippen LogP contribution in [0.1, 0.15) is 93.4 Å². The number of carbonyl (C=O) groups is 2. The molecule has 0 bridgehead atoms. The molecule has 2 saturated carbocycles. The summed E-state index contributed by atoms with van der Waals surface area (Å²) in [7, 11) is 0. The van der Waals surface area contributed by atoms with Crippen LogP contribution in [0.5, 0.6) is 0 Å². The van der Waals surface area contributed by atoms with E-state index in [1.807, 2.05) is 54.0 Å². The van der Waals surface area contributed by atoms with Gasteiger partial charge in [-0.05, 0) is 56.9 Å². The van der Waals surface area contributed by atoms with E-state index in [-0.39, 0.29) is 24.4 Å². The summed E-state index contributed by atoms with van der Waals surface area (Å²) >= 11 is 0. The van der Waals surface area contributed by atoms with Crippen molar-refractivity contribution in [2.75, 3.05) is 0 Å². The Kier molecular flexibility index (Phi) is 7.69. The second kappa shape index (κ2) is 11.3. The minimum atomic E-state index is -0.337. The lowest BCUT2D eigenvalue weighted by Crippen LogP contribution is -2.50. The molecule has 1 unspecified atom stereocenters. The van der Waals surface area contributed by atoms with Gasteiger partial charge in [0.1, 0.15) is 12.4 Å². The maximum Gasteiger partial charge on any atom is 0.251 e. The Bertz CT molecular complexity index is 1160. The van der Waals surface area contributed by atoms with Gasteiger partial charge < -0.3 is 14.8 Å². The van der Waals surface area contributed by atoms with Gasteiger partial charge in [-0.2, -0.15) is 0 Å². The molecule has 3 aromatic rings. The highest BCUT2D eigenvalue weighted by Gasteiger charge is 2.33. The fourth-order valence-electron chi connectivity index (χ4n) is 6.17. The lowest BCUT2D eigenvalue weighted by atomic mass is 9.88. The first-order valence-corrected chi connectivity index (χ1v) is 13.7. The van der Waals surface area contributed by atoms with Gasteiger partial charge in [0.2, 0.25) is 5.91 Å². The molecular formula is C30H38N4O2. The SMILES string of the molecule is CC(NC(=O)c1ccccc1)c1nc2ccccc2n1CC(=O)N(C1CCCCC1)C1CCCCC1. The van der Waals surface area contributed by atoms with Crippen LogP contribution in [0.2, 0.25) is 0 Å². The van der Waals surface area contributed by atoms with Crippen molar-refractivity contribution in [2.45, 2.75) is 95.8 Å². The van der Waals surface area contributed by atoms with Crippen molar-refractivity contribution >= 4 is 22.8 Å². The number of hydrogen-bond donors (Lipinski definition) is 1. The number of fused-ring (bicyclic) bond motifs is 1. The fraction of sp³-hybridized carbons (Fsp3) is 0.500. The molecule has 0 spiro atoms. The fourth-order valence-corrected chi connectivity index (χ4v) is 6.17. The molecule has 0 saturated heterocycles. The smallest absolute Gasteiger partial charge is 0.251 e. The molecule has 6 nitrogen and oxygen atoms in total. The Balaban J connectivity index is 1.43. The summed E-state index contributed by atoms with van der Waals surface area (Å²) in [4.78, 5) is 34.1. The average Bonchev–Trinajstić information content (AvgIpc) is 3.29. The zero-order chi connectivity index (χ0) is 24.9. The molecule has 2 fully saturated rings. The van der Waals surface area contributed by atoms with Crippen LogP contribution in [-0.2, 0) is 11.3 Å². The normalized spacial score (nSPS) is 18.1. The van der Waals surface area contributed by atoms with Crippen LogP contribution in [0.15, 0.2) is 54.6 Å². The van der Waals surface area contributed by atoms with Gasteiger partial charge in [0.25, 0.3) is 5.91 Å². The number of aromatic nitrogens is 2. The molecule has 190 valence electrons. The highest BCUT2D eigenvalue weighted by atomic mass is 16.2. The Labute approximate surface area is 214 Å². The van der Waals surface area contributed by atoms with E-state index in [4.69, 9.17) is 4.98 Å². The predicted octanol–water partition coefficient (Wildman–Crippen LogP) is 6.02. The maximum atomic E-state index is 14.1. The second-order valence-corrected chi connectivity index (χ2v) is 10.5. The number of imidazole rings is 1. The summed E-state index contributed by atoms with van der Waals surface area (Å²) in [5.74, 6) is 0.778. The van der Waals surface area contributed by atoms with Crippen LogP contribution in [0.3, 0.4) is 0 Å². The number of rotatable bonds is 7. The van der Waals surface area contributed by atoms with Crippen LogP contribution in [0, 0.1) is 0 Å². The number of hydrogen-bond acceptors (Lipinski definition) is 3. The number of para-hydroxylation sites is 2. The van der Waals surface area contributed by atoms with E-state index in [9.17, 15) is 9.59 Å². The quantitative estimate of drug-likeness (QED) is 0.444. The lowest BCUT2D eigenvalue weighted by Gasteiger charge is -2.42. The summed E-state index contributed by atoms with van der Waals surface area (Å²) < 4.78 is 2.03. The van der Waals surface area contributed by atoms with Gasteiger partial charge in [0.15, 0.2) is 0 Å². The second-order valence-electron chi connectivity index (χ2n) is 10.5. The minimum absolute atomic E-state index is 0.140. The van der Waals surface area contributed by atoms with Crippen molar-refractivity contribution in [2.24, 2.45) is 0 Å². The van der Waals surface area contributed by atoms with Gasteiger partial charge in [-0.15, -0.1) is 0 Å². The van der Waals surface area contributed by atoms with Gasteiger partial charge in [-0.1, -0.05) is 68.9 Å². The van der Waals surface area contributed by atoms with Gasteiger partial charge in [0, 0.05) is 17.6 Å². The Hall–Kier alpha value is -3.15. The largest absolute Gasteiger partial charge is 0.342 e.